The maximum Gasteiger partial charge on any atom is 0.243 e. The van der Waals surface area contributed by atoms with Crippen LogP contribution in [0.4, 0.5) is 0 Å². The van der Waals surface area contributed by atoms with Gasteiger partial charge in [0.25, 0.3) is 0 Å². The minimum atomic E-state index is -0.220. The normalized spacial score (nSPS) is 13.2. The molecule has 0 aromatic carbocycles. The van der Waals surface area contributed by atoms with Crippen molar-refractivity contribution in [2.45, 2.75) is 39.5 Å². The standard InChI is InChI=1S/C9H17N2O/c1-3-9(12)7-11-6-5-10(4-2)8-11/h5-6,8-9,12H,3-4,7H2,1-2H3/q+1/t9-/m0/s1. The molecular formula is C9H17N2O+. The van der Waals surface area contributed by atoms with Gasteiger partial charge in [0, 0.05) is 0 Å². The van der Waals surface area contributed by atoms with Gasteiger partial charge in [-0.2, -0.15) is 0 Å². The Bertz CT molecular complexity index is 232. The molecule has 0 radical (unpaired) electrons. The second-order valence-corrected chi connectivity index (χ2v) is 3.00. The predicted molar refractivity (Wildman–Crippen MR) is 46.6 cm³/mol. The zero-order chi connectivity index (χ0) is 8.97. The Labute approximate surface area is 73.3 Å². The summed E-state index contributed by atoms with van der Waals surface area (Å²) < 4.78 is 4.10. The van der Waals surface area contributed by atoms with Crippen molar-refractivity contribution in [2.24, 2.45) is 0 Å². The minimum absolute atomic E-state index is 0.220. The van der Waals surface area contributed by atoms with Crippen molar-refractivity contribution in [3.8, 4) is 0 Å². The van der Waals surface area contributed by atoms with Gasteiger partial charge in [0.1, 0.15) is 18.9 Å². The number of hydrogen-bond donors (Lipinski definition) is 1. The zero-order valence-electron chi connectivity index (χ0n) is 7.77. The van der Waals surface area contributed by atoms with Gasteiger partial charge in [-0.15, -0.1) is 0 Å². The van der Waals surface area contributed by atoms with Crippen LogP contribution in [-0.2, 0) is 13.1 Å². The van der Waals surface area contributed by atoms with E-state index in [9.17, 15) is 5.11 Å². The van der Waals surface area contributed by atoms with E-state index in [-0.39, 0.29) is 6.10 Å². The summed E-state index contributed by atoms with van der Waals surface area (Å²) in [7, 11) is 0. The van der Waals surface area contributed by atoms with Crippen LogP contribution >= 0.6 is 0 Å². The van der Waals surface area contributed by atoms with Crippen LogP contribution < -0.4 is 4.57 Å². The van der Waals surface area contributed by atoms with Gasteiger partial charge in [-0.3, -0.25) is 0 Å². The molecule has 1 aromatic heterocycles. The fourth-order valence-corrected chi connectivity index (χ4v) is 1.11. The Morgan fingerprint density at radius 3 is 2.75 bits per heavy atom. The highest BCUT2D eigenvalue weighted by Crippen LogP contribution is 1.90. The molecule has 3 heteroatoms. The molecule has 12 heavy (non-hydrogen) atoms. The SMILES string of the molecule is CC[C@H](O)C[n+]1ccn(CC)c1. The van der Waals surface area contributed by atoms with Gasteiger partial charge in [-0.05, 0) is 13.3 Å². The Hall–Kier alpha value is -0.830. The number of imidazole rings is 1. The summed E-state index contributed by atoms with van der Waals surface area (Å²) in [5, 5.41) is 9.36. The lowest BCUT2D eigenvalue weighted by Crippen LogP contribution is -2.37. The Morgan fingerprint density at radius 2 is 2.25 bits per heavy atom. The number of aliphatic hydroxyl groups is 1. The van der Waals surface area contributed by atoms with Crippen molar-refractivity contribution in [1.82, 2.24) is 4.57 Å². The van der Waals surface area contributed by atoms with Crippen molar-refractivity contribution in [3.63, 3.8) is 0 Å². The number of rotatable bonds is 4. The van der Waals surface area contributed by atoms with Gasteiger partial charge in [0.15, 0.2) is 0 Å². The molecule has 0 bridgehead atoms. The minimum Gasteiger partial charge on any atom is -0.389 e. The number of aromatic nitrogens is 2. The van der Waals surface area contributed by atoms with Gasteiger partial charge in [0.05, 0.1) is 12.6 Å². The number of aliphatic hydroxyl groups excluding tert-OH is 1. The molecule has 1 atom stereocenters. The van der Waals surface area contributed by atoms with E-state index in [1.54, 1.807) is 0 Å². The van der Waals surface area contributed by atoms with Gasteiger partial charge in [-0.25, -0.2) is 9.13 Å². The Balaban J connectivity index is 2.52. The molecule has 0 spiro atoms. The molecule has 0 fully saturated rings. The van der Waals surface area contributed by atoms with Gasteiger partial charge >= 0.3 is 0 Å². The molecule has 0 amide bonds. The first-order valence-electron chi connectivity index (χ1n) is 4.49. The van der Waals surface area contributed by atoms with E-state index in [4.69, 9.17) is 0 Å². The van der Waals surface area contributed by atoms with Crippen LogP contribution in [-0.4, -0.2) is 15.8 Å². The van der Waals surface area contributed by atoms with Crippen molar-refractivity contribution in [1.29, 1.82) is 0 Å². The van der Waals surface area contributed by atoms with Crippen molar-refractivity contribution in [2.75, 3.05) is 0 Å². The van der Waals surface area contributed by atoms with Crippen LogP contribution in [0.3, 0.4) is 0 Å². The first-order valence-corrected chi connectivity index (χ1v) is 4.49. The monoisotopic (exact) mass is 169 g/mol. The molecule has 1 N–H and O–H groups in total. The lowest BCUT2D eigenvalue weighted by molar-refractivity contribution is -0.703. The summed E-state index contributed by atoms with van der Waals surface area (Å²) in [6.07, 6.45) is 6.61. The Morgan fingerprint density at radius 1 is 1.50 bits per heavy atom. The van der Waals surface area contributed by atoms with E-state index in [0.717, 1.165) is 13.0 Å². The molecule has 1 heterocycles. The first-order chi connectivity index (χ1) is 5.76. The van der Waals surface area contributed by atoms with Crippen LogP contribution in [0.15, 0.2) is 18.7 Å². The Kier molecular flexibility index (Phi) is 3.29. The summed E-state index contributed by atoms with van der Waals surface area (Å²) >= 11 is 0. The first kappa shape index (κ1) is 9.26. The van der Waals surface area contributed by atoms with Gasteiger partial charge < -0.3 is 5.11 Å². The summed E-state index contributed by atoms with van der Waals surface area (Å²) in [4.78, 5) is 0. The summed E-state index contributed by atoms with van der Waals surface area (Å²) in [6, 6.07) is 0. The van der Waals surface area contributed by atoms with E-state index in [0.29, 0.717) is 6.54 Å². The van der Waals surface area contributed by atoms with Crippen LogP contribution in [0.5, 0.6) is 0 Å². The van der Waals surface area contributed by atoms with E-state index in [2.05, 4.69) is 11.5 Å². The second-order valence-electron chi connectivity index (χ2n) is 3.00. The summed E-state index contributed by atoms with van der Waals surface area (Å²) in [5.74, 6) is 0. The highest BCUT2D eigenvalue weighted by molar-refractivity contribution is 4.65. The fraction of sp³-hybridized carbons (Fsp3) is 0.667. The predicted octanol–water partition coefficient (Wildman–Crippen LogP) is 0.566. The molecule has 68 valence electrons. The van der Waals surface area contributed by atoms with Crippen LogP contribution in [0.25, 0.3) is 0 Å². The molecule has 3 nitrogen and oxygen atoms in total. The molecule has 0 aliphatic heterocycles. The lowest BCUT2D eigenvalue weighted by Gasteiger charge is -2.02. The maximum atomic E-state index is 9.36. The summed E-state index contributed by atoms with van der Waals surface area (Å²) in [6.45, 7) is 5.77. The number of aryl methyl sites for hydroxylation is 1. The van der Waals surface area contributed by atoms with Gasteiger partial charge in [0.2, 0.25) is 6.33 Å². The average molecular weight is 169 g/mol. The van der Waals surface area contributed by atoms with E-state index < -0.39 is 0 Å². The third-order valence-electron chi connectivity index (χ3n) is 2.00. The van der Waals surface area contributed by atoms with E-state index in [1.165, 1.54) is 0 Å². The third kappa shape index (κ3) is 2.34. The zero-order valence-corrected chi connectivity index (χ0v) is 7.77. The van der Waals surface area contributed by atoms with E-state index >= 15 is 0 Å². The van der Waals surface area contributed by atoms with Crippen LogP contribution in [0.2, 0.25) is 0 Å². The lowest BCUT2D eigenvalue weighted by atomic mass is 10.3. The highest BCUT2D eigenvalue weighted by atomic mass is 16.3. The topological polar surface area (TPSA) is 29.0 Å². The van der Waals surface area contributed by atoms with Crippen molar-refractivity contribution >= 4 is 0 Å². The highest BCUT2D eigenvalue weighted by Gasteiger charge is 2.06. The average Bonchev–Trinajstić information content (AvgIpc) is 2.52. The third-order valence-corrected chi connectivity index (χ3v) is 2.00. The molecule has 0 unspecified atom stereocenters. The summed E-state index contributed by atoms with van der Waals surface area (Å²) in [5.41, 5.74) is 0. The maximum absolute atomic E-state index is 9.36. The molecule has 1 aromatic rings. The fourth-order valence-electron chi connectivity index (χ4n) is 1.11. The molecule has 1 rings (SSSR count). The second kappa shape index (κ2) is 4.26. The van der Waals surface area contributed by atoms with Gasteiger partial charge in [-0.1, -0.05) is 6.92 Å². The largest absolute Gasteiger partial charge is 0.389 e. The number of hydrogen-bond acceptors (Lipinski definition) is 1. The number of nitrogens with zero attached hydrogens (tertiary/aromatic N) is 2. The molecule has 0 saturated carbocycles. The molecule has 0 aliphatic carbocycles. The van der Waals surface area contributed by atoms with Crippen LogP contribution in [0.1, 0.15) is 20.3 Å². The van der Waals surface area contributed by atoms with Crippen LogP contribution in [0, 0.1) is 0 Å². The van der Waals surface area contributed by atoms with E-state index in [1.807, 2.05) is 30.2 Å². The smallest absolute Gasteiger partial charge is 0.243 e. The molecule has 0 saturated heterocycles. The van der Waals surface area contributed by atoms with Crippen molar-refractivity contribution in [3.05, 3.63) is 18.7 Å². The molecule has 0 aliphatic rings. The molecular weight excluding hydrogens is 152 g/mol. The van der Waals surface area contributed by atoms with Crippen molar-refractivity contribution < 1.29 is 9.67 Å². The quantitative estimate of drug-likeness (QED) is 0.656.